The van der Waals surface area contributed by atoms with Crippen LogP contribution in [-0.2, 0) is 16.1 Å². The average molecular weight is 273 g/mol. The molecule has 0 saturated heterocycles. The van der Waals surface area contributed by atoms with Gasteiger partial charge in [-0.3, -0.25) is 4.79 Å². The molecule has 1 fully saturated rings. The maximum absolute atomic E-state index is 12.8. The predicted molar refractivity (Wildman–Crippen MR) is 57.4 cm³/mol. The summed E-state index contributed by atoms with van der Waals surface area (Å²) in [7, 11) is 0. The lowest BCUT2D eigenvalue weighted by atomic mass is 10.2. The monoisotopic (exact) mass is 272 g/mol. The third-order valence-corrected chi connectivity index (χ3v) is 3.51. The van der Waals surface area contributed by atoms with Crippen molar-refractivity contribution < 1.29 is 13.9 Å². The van der Waals surface area contributed by atoms with Crippen molar-refractivity contribution in [3.8, 4) is 0 Å². The highest BCUT2D eigenvalue weighted by Gasteiger charge is 2.61. The van der Waals surface area contributed by atoms with E-state index in [0.29, 0.717) is 0 Å². The second kappa shape index (κ2) is 3.93. The van der Waals surface area contributed by atoms with Gasteiger partial charge in [-0.15, -0.1) is 0 Å². The lowest BCUT2D eigenvalue weighted by molar-refractivity contribution is -0.145. The fourth-order valence-electron chi connectivity index (χ4n) is 1.26. The highest BCUT2D eigenvalue weighted by atomic mass is 79.9. The van der Waals surface area contributed by atoms with E-state index in [9.17, 15) is 9.18 Å². The van der Waals surface area contributed by atoms with Crippen molar-refractivity contribution in [3.05, 3.63) is 35.9 Å². The van der Waals surface area contributed by atoms with Crippen LogP contribution < -0.4 is 0 Å². The fourth-order valence-corrected chi connectivity index (χ4v) is 1.65. The molecular weight excluding hydrogens is 263 g/mol. The van der Waals surface area contributed by atoms with Gasteiger partial charge in [-0.2, -0.15) is 0 Å². The quantitative estimate of drug-likeness (QED) is 0.625. The molecule has 80 valence electrons. The highest BCUT2D eigenvalue weighted by molar-refractivity contribution is 9.10. The number of benzene rings is 1. The van der Waals surface area contributed by atoms with Gasteiger partial charge < -0.3 is 4.74 Å². The van der Waals surface area contributed by atoms with Crippen molar-refractivity contribution in [3.63, 3.8) is 0 Å². The molecule has 0 spiro atoms. The number of esters is 1. The van der Waals surface area contributed by atoms with Crippen molar-refractivity contribution in [1.29, 1.82) is 0 Å². The van der Waals surface area contributed by atoms with Crippen LogP contribution >= 0.6 is 15.9 Å². The van der Waals surface area contributed by atoms with Crippen LogP contribution in [0.2, 0.25) is 0 Å². The van der Waals surface area contributed by atoms with Crippen LogP contribution in [0.15, 0.2) is 30.3 Å². The second-order valence-electron chi connectivity index (χ2n) is 3.60. The number of hydrogen-bond donors (Lipinski definition) is 0. The number of rotatable bonds is 3. The average Bonchev–Trinajstić information content (AvgIpc) is 2.86. The molecule has 1 aromatic rings. The first kappa shape index (κ1) is 10.6. The zero-order valence-electron chi connectivity index (χ0n) is 7.95. The SMILES string of the molecule is O=C(OCc1ccccc1)C1(Br)CC1F. The van der Waals surface area contributed by atoms with Crippen LogP contribution in [0.25, 0.3) is 0 Å². The first-order valence-electron chi connectivity index (χ1n) is 4.67. The number of hydrogen-bond acceptors (Lipinski definition) is 2. The minimum Gasteiger partial charge on any atom is -0.460 e. The van der Waals surface area contributed by atoms with Gasteiger partial charge >= 0.3 is 5.97 Å². The van der Waals surface area contributed by atoms with E-state index >= 15 is 0 Å². The Balaban J connectivity index is 1.87. The Morgan fingerprint density at radius 3 is 2.67 bits per heavy atom. The summed E-state index contributed by atoms with van der Waals surface area (Å²) in [5, 5.41) is 0. The van der Waals surface area contributed by atoms with Crippen LogP contribution in [-0.4, -0.2) is 16.5 Å². The van der Waals surface area contributed by atoms with E-state index < -0.39 is 16.5 Å². The third-order valence-electron chi connectivity index (χ3n) is 2.36. The summed E-state index contributed by atoms with van der Waals surface area (Å²) >= 11 is 3.04. The van der Waals surface area contributed by atoms with Crippen LogP contribution in [0.3, 0.4) is 0 Å². The van der Waals surface area contributed by atoms with Crippen molar-refractivity contribution >= 4 is 21.9 Å². The Morgan fingerprint density at radius 2 is 2.13 bits per heavy atom. The number of carbonyl (C=O) groups excluding carboxylic acids is 1. The van der Waals surface area contributed by atoms with Crippen LogP contribution in [0.4, 0.5) is 4.39 Å². The Hall–Kier alpha value is -0.900. The van der Waals surface area contributed by atoms with E-state index in [4.69, 9.17) is 4.74 Å². The molecule has 1 saturated carbocycles. The minimum atomic E-state index is -1.11. The Labute approximate surface area is 95.6 Å². The highest BCUT2D eigenvalue weighted by Crippen LogP contribution is 2.48. The first-order chi connectivity index (χ1) is 7.13. The van der Waals surface area contributed by atoms with E-state index in [2.05, 4.69) is 15.9 Å². The molecule has 0 bridgehead atoms. The smallest absolute Gasteiger partial charge is 0.326 e. The Kier molecular flexibility index (Phi) is 2.78. The fraction of sp³-hybridized carbons (Fsp3) is 0.364. The van der Waals surface area contributed by atoms with Crippen molar-refractivity contribution in [2.45, 2.75) is 23.5 Å². The number of alkyl halides is 2. The molecule has 1 aliphatic rings. The number of halogens is 2. The summed E-state index contributed by atoms with van der Waals surface area (Å²) in [4.78, 5) is 11.4. The van der Waals surface area contributed by atoms with Gasteiger partial charge in [0.25, 0.3) is 0 Å². The zero-order valence-corrected chi connectivity index (χ0v) is 9.54. The molecule has 0 aliphatic heterocycles. The second-order valence-corrected chi connectivity index (χ2v) is 5.01. The van der Waals surface area contributed by atoms with Crippen LogP contribution in [0.5, 0.6) is 0 Å². The molecule has 2 rings (SSSR count). The van der Waals surface area contributed by atoms with Crippen molar-refractivity contribution in [2.24, 2.45) is 0 Å². The molecule has 1 aliphatic carbocycles. The van der Waals surface area contributed by atoms with Crippen LogP contribution in [0, 0.1) is 0 Å². The molecule has 0 amide bonds. The minimum absolute atomic E-state index is 0.194. The molecule has 2 unspecified atom stereocenters. The standard InChI is InChI=1S/C11H10BrFO2/c12-11(6-9(11)13)10(14)15-7-8-4-2-1-3-5-8/h1-5,9H,6-7H2. The molecule has 0 radical (unpaired) electrons. The maximum atomic E-state index is 12.8. The van der Waals surface area contributed by atoms with E-state index in [-0.39, 0.29) is 13.0 Å². The summed E-state index contributed by atoms with van der Waals surface area (Å²) in [6, 6.07) is 9.32. The van der Waals surface area contributed by atoms with E-state index in [1.807, 2.05) is 30.3 Å². The van der Waals surface area contributed by atoms with Crippen molar-refractivity contribution in [1.82, 2.24) is 0 Å². The van der Waals surface area contributed by atoms with Gasteiger partial charge in [0.2, 0.25) is 0 Å². The van der Waals surface area contributed by atoms with Gasteiger partial charge in [0.05, 0.1) is 0 Å². The molecular formula is C11H10BrFO2. The van der Waals surface area contributed by atoms with Gasteiger partial charge in [0, 0.05) is 6.42 Å². The summed E-state index contributed by atoms with van der Waals surface area (Å²) in [5.41, 5.74) is 0.901. The summed E-state index contributed by atoms with van der Waals surface area (Å²) in [6.45, 7) is 0.194. The summed E-state index contributed by atoms with van der Waals surface area (Å²) < 4.78 is 16.7. The van der Waals surface area contributed by atoms with Crippen molar-refractivity contribution in [2.75, 3.05) is 0 Å². The largest absolute Gasteiger partial charge is 0.460 e. The summed E-state index contributed by atoms with van der Waals surface area (Å²) in [5.74, 6) is -0.515. The zero-order chi connectivity index (χ0) is 10.9. The van der Waals surface area contributed by atoms with Gasteiger partial charge in [-0.05, 0) is 5.56 Å². The normalized spacial score (nSPS) is 28.5. The number of carbonyl (C=O) groups is 1. The third kappa shape index (κ3) is 2.20. The predicted octanol–water partition coefficient (Wildman–Crippen LogP) is 2.61. The molecule has 2 nitrogen and oxygen atoms in total. The maximum Gasteiger partial charge on any atom is 0.326 e. The molecule has 0 aromatic heterocycles. The lowest BCUT2D eigenvalue weighted by Crippen LogP contribution is -2.21. The van der Waals surface area contributed by atoms with Gasteiger partial charge in [0.15, 0.2) is 4.32 Å². The molecule has 15 heavy (non-hydrogen) atoms. The molecule has 4 heteroatoms. The summed E-state index contributed by atoms with van der Waals surface area (Å²) in [6.07, 6.45) is -0.901. The number of ether oxygens (including phenoxy) is 1. The molecule has 2 atom stereocenters. The van der Waals surface area contributed by atoms with E-state index in [1.165, 1.54) is 0 Å². The van der Waals surface area contributed by atoms with E-state index in [0.717, 1.165) is 5.56 Å². The molecule has 1 aromatic carbocycles. The first-order valence-corrected chi connectivity index (χ1v) is 5.46. The topological polar surface area (TPSA) is 26.3 Å². The Morgan fingerprint density at radius 1 is 1.53 bits per heavy atom. The van der Waals surface area contributed by atoms with Gasteiger partial charge in [0.1, 0.15) is 12.8 Å². The lowest BCUT2D eigenvalue weighted by Gasteiger charge is -2.07. The van der Waals surface area contributed by atoms with Gasteiger partial charge in [-0.25, -0.2) is 4.39 Å². The van der Waals surface area contributed by atoms with E-state index in [1.54, 1.807) is 0 Å². The Bertz CT molecular complexity index is 368. The molecule has 0 heterocycles. The van der Waals surface area contributed by atoms with Crippen LogP contribution in [0.1, 0.15) is 12.0 Å². The van der Waals surface area contributed by atoms with Gasteiger partial charge in [-0.1, -0.05) is 46.3 Å². The molecule has 0 N–H and O–H groups in total.